The monoisotopic (exact) mass is 328 g/mol. The molecule has 0 saturated heterocycles. The maximum Gasteiger partial charge on any atom is 0.339 e. The molecule has 9 nitrogen and oxygen atoms in total. The Labute approximate surface area is 133 Å². The zero-order valence-electron chi connectivity index (χ0n) is 11.8. The number of hydrogen-bond acceptors (Lipinski definition) is 6. The van der Waals surface area contributed by atoms with Gasteiger partial charge in [-0.15, -0.1) is 0 Å². The Balaban J connectivity index is 2.10. The molecule has 0 radical (unpaired) electrons. The number of nitro groups is 1. The number of hydrogen-bond donors (Lipinski definition) is 2. The number of carboxylic acids is 1. The number of nitro benzene ring substituents is 1. The molecular formula is C15H8N2O7. The van der Waals surface area contributed by atoms with E-state index in [2.05, 4.69) is 0 Å². The molecule has 2 amide bonds. The molecule has 1 aliphatic heterocycles. The molecule has 120 valence electrons. The first-order chi connectivity index (χ1) is 11.3. The number of nitrogens with zero attached hydrogens (tertiary/aromatic N) is 2. The predicted molar refractivity (Wildman–Crippen MR) is 79.3 cm³/mol. The van der Waals surface area contributed by atoms with E-state index in [1.54, 1.807) is 0 Å². The van der Waals surface area contributed by atoms with Crippen molar-refractivity contribution in [1.29, 1.82) is 0 Å². The van der Waals surface area contributed by atoms with Gasteiger partial charge in [0.2, 0.25) is 0 Å². The fourth-order valence-corrected chi connectivity index (χ4v) is 2.41. The van der Waals surface area contributed by atoms with E-state index in [0.717, 1.165) is 24.3 Å². The molecule has 9 heteroatoms. The number of aromatic hydroxyl groups is 1. The Hall–Kier alpha value is -3.75. The Morgan fingerprint density at radius 1 is 1.04 bits per heavy atom. The predicted octanol–water partition coefficient (Wildman–Crippen LogP) is 1.80. The van der Waals surface area contributed by atoms with Crippen molar-refractivity contribution in [3.8, 4) is 5.75 Å². The highest BCUT2D eigenvalue weighted by molar-refractivity contribution is 6.34. The number of aromatic carboxylic acids is 1. The SMILES string of the molecule is O=C(O)c1cc(N2C(=O)c3ccc([N+](=O)[O-])cc3C2=O)ccc1O. The van der Waals surface area contributed by atoms with Crippen LogP contribution in [0.2, 0.25) is 0 Å². The van der Waals surface area contributed by atoms with Gasteiger partial charge < -0.3 is 10.2 Å². The summed E-state index contributed by atoms with van der Waals surface area (Å²) in [7, 11) is 0. The molecule has 0 atom stereocenters. The molecule has 0 fully saturated rings. The fourth-order valence-electron chi connectivity index (χ4n) is 2.41. The van der Waals surface area contributed by atoms with Gasteiger partial charge in [0.25, 0.3) is 17.5 Å². The first kappa shape index (κ1) is 15.2. The molecule has 2 aromatic rings. The van der Waals surface area contributed by atoms with Gasteiger partial charge in [-0.1, -0.05) is 0 Å². The van der Waals surface area contributed by atoms with Crippen LogP contribution in [0.5, 0.6) is 5.75 Å². The van der Waals surface area contributed by atoms with Crippen LogP contribution in [0.25, 0.3) is 0 Å². The quantitative estimate of drug-likeness (QED) is 0.497. The third-order valence-electron chi connectivity index (χ3n) is 3.55. The molecule has 0 unspecified atom stereocenters. The van der Waals surface area contributed by atoms with Gasteiger partial charge in [-0.2, -0.15) is 0 Å². The average Bonchev–Trinajstić information content (AvgIpc) is 2.79. The van der Waals surface area contributed by atoms with Crippen LogP contribution in [0.3, 0.4) is 0 Å². The van der Waals surface area contributed by atoms with E-state index in [-0.39, 0.29) is 22.5 Å². The number of carboxylic acid groups (broad SMARTS) is 1. The van der Waals surface area contributed by atoms with E-state index in [1.165, 1.54) is 12.1 Å². The molecule has 3 rings (SSSR count). The molecule has 0 saturated carbocycles. The average molecular weight is 328 g/mol. The van der Waals surface area contributed by atoms with Gasteiger partial charge in [0.05, 0.1) is 21.7 Å². The number of carbonyl (C=O) groups excluding carboxylic acids is 2. The van der Waals surface area contributed by atoms with Gasteiger partial charge in [-0.05, 0) is 24.3 Å². The molecule has 0 aliphatic carbocycles. The zero-order chi connectivity index (χ0) is 17.6. The second-order valence-corrected chi connectivity index (χ2v) is 4.94. The van der Waals surface area contributed by atoms with E-state index in [0.29, 0.717) is 4.90 Å². The summed E-state index contributed by atoms with van der Waals surface area (Å²) in [4.78, 5) is 46.7. The number of imide groups is 1. The topological polar surface area (TPSA) is 138 Å². The number of carbonyl (C=O) groups is 3. The molecule has 0 aromatic heterocycles. The van der Waals surface area contributed by atoms with Crippen molar-refractivity contribution < 1.29 is 29.5 Å². The highest BCUT2D eigenvalue weighted by Gasteiger charge is 2.38. The molecular weight excluding hydrogens is 320 g/mol. The third kappa shape index (κ3) is 2.15. The summed E-state index contributed by atoms with van der Waals surface area (Å²) in [6.07, 6.45) is 0. The van der Waals surface area contributed by atoms with Gasteiger partial charge in [0.15, 0.2) is 0 Å². The normalized spacial score (nSPS) is 13.1. The Bertz CT molecular complexity index is 935. The summed E-state index contributed by atoms with van der Waals surface area (Å²) >= 11 is 0. The Morgan fingerprint density at radius 3 is 2.33 bits per heavy atom. The fraction of sp³-hybridized carbons (Fsp3) is 0. The van der Waals surface area contributed by atoms with Gasteiger partial charge >= 0.3 is 5.97 Å². The minimum atomic E-state index is -1.43. The Kier molecular flexibility index (Phi) is 3.26. The first-order valence-corrected chi connectivity index (χ1v) is 6.55. The van der Waals surface area contributed by atoms with Crippen LogP contribution in [0, 0.1) is 10.1 Å². The van der Waals surface area contributed by atoms with Crippen molar-refractivity contribution in [1.82, 2.24) is 0 Å². The van der Waals surface area contributed by atoms with E-state index < -0.39 is 34.0 Å². The summed E-state index contributed by atoms with van der Waals surface area (Å²) in [5.41, 5.74) is -1.03. The number of phenols is 1. The third-order valence-corrected chi connectivity index (χ3v) is 3.55. The lowest BCUT2D eigenvalue weighted by atomic mass is 10.1. The molecule has 1 heterocycles. The standard InChI is InChI=1S/C15H8N2O7/c18-12-4-2-7(5-11(12)15(21)22)16-13(19)9-3-1-8(17(23)24)6-10(9)14(16)20/h1-6,18H,(H,21,22). The minimum absolute atomic E-state index is 0.0180. The van der Waals surface area contributed by atoms with Crippen LogP contribution >= 0.6 is 0 Å². The van der Waals surface area contributed by atoms with Crippen LogP contribution in [0.15, 0.2) is 36.4 Å². The largest absolute Gasteiger partial charge is 0.507 e. The Morgan fingerprint density at radius 2 is 1.71 bits per heavy atom. The van der Waals surface area contributed by atoms with Crippen LogP contribution in [-0.2, 0) is 0 Å². The van der Waals surface area contributed by atoms with Crippen LogP contribution in [0.4, 0.5) is 11.4 Å². The second-order valence-electron chi connectivity index (χ2n) is 4.94. The van der Waals surface area contributed by atoms with E-state index in [4.69, 9.17) is 5.11 Å². The smallest absolute Gasteiger partial charge is 0.339 e. The first-order valence-electron chi connectivity index (χ1n) is 6.55. The van der Waals surface area contributed by atoms with Crippen LogP contribution in [-0.4, -0.2) is 32.9 Å². The molecule has 0 spiro atoms. The highest BCUT2D eigenvalue weighted by atomic mass is 16.6. The van der Waals surface area contributed by atoms with Crippen LogP contribution in [0.1, 0.15) is 31.1 Å². The summed E-state index contributed by atoms with van der Waals surface area (Å²) in [5, 5.41) is 29.3. The number of amides is 2. The van der Waals surface area contributed by atoms with Crippen molar-refractivity contribution in [2.45, 2.75) is 0 Å². The van der Waals surface area contributed by atoms with Crippen molar-refractivity contribution >= 4 is 29.2 Å². The summed E-state index contributed by atoms with van der Waals surface area (Å²) < 4.78 is 0. The number of rotatable bonds is 3. The number of fused-ring (bicyclic) bond motifs is 1. The molecule has 24 heavy (non-hydrogen) atoms. The number of anilines is 1. The van der Waals surface area contributed by atoms with Crippen molar-refractivity contribution in [3.63, 3.8) is 0 Å². The maximum atomic E-state index is 12.4. The van der Waals surface area contributed by atoms with E-state index >= 15 is 0 Å². The van der Waals surface area contributed by atoms with Gasteiger partial charge in [0.1, 0.15) is 11.3 Å². The van der Waals surface area contributed by atoms with Gasteiger partial charge in [-0.25, -0.2) is 9.69 Å². The molecule has 2 aromatic carbocycles. The van der Waals surface area contributed by atoms with Crippen molar-refractivity contribution in [2.75, 3.05) is 4.90 Å². The van der Waals surface area contributed by atoms with Gasteiger partial charge in [-0.3, -0.25) is 19.7 Å². The lowest BCUT2D eigenvalue weighted by Crippen LogP contribution is -2.29. The van der Waals surface area contributed by atoms with E-state index in [9.17, 15) is 29.6 Å². The lowest BCUT2D eigenvalue weighted by Gasteiger charge is -2.14. The summed E-state index contributed by atoms with van der Waals surface area (Å²) in [5.74, 6) is -3.48. The van der Waals surface area contributed by atoms with E-state index in [1.807, 2.05) is 0 Å². The highest BCUT2D eigenvalue weighted by Crippen LogP contribution is 2.32. The second kappa shape index (κ2) is 5.16. The van der Waals surface area contributed by atoms with Gasteiger partial charge in [0, 0.05) is 12.1 Å². The zero-order valence-corrected chi connectivity index (χ0v) is 11.8. The summed E-state index contributed by atoms with van der Waals surface area (Å²) in [6, 6.07) is 6.50. The summed E-state index contributed by atoms with van der Waals surface area (Å²) in [6.45, 7) is 0. The van der Waals surface area contributed by atoms with Crippen molar-refractivity contribution in [2.24, 2.45) is 0 Å². The molecule has 1 aliphatic rings. The van der Waals surface area contributed by atoms with Crippen molar-refractivity contribution in [3.05, 3.63) is 63.2 Å². The minimum Gasteiger partial charge on any atom is -0.507 e. The number of non-ortho nitro benzene ring substituents is 1. The molecule has 2 N–H and O–H groups in total. The number of benzene rings is 2. The molecule has 0 bridgehead atoms. The lowest BCUT2D eigenvalue weighted by molar-refractivity contribution is -0.384. The maximum absolute atomic E-state index is 12.4. The van der Waals surface area contributed by atoms with Crippen LogP contribution < -0.4 is 4.90 Å².